The zero-order chi connectivity index (χ0) is 20.5. The average molecular weight is 398 g/mol. The number of hydrogen-bond donors (Lipinski definition) is 1. The van der Waals surface area contributed by atoms with Crippen LogP contribution in [0.4, 0.5) is 0 Å². The lowest BCUT2D eigenvalue weighted by molar-refractivity contribution is -0.137. The van der Waals surface area contributed by atoms with Crippen molar-refractivity contribution >= 4 is 11.8 Å². The lowest BCUT2D eigenvalue weighted by Gasteiger charge is -2.17. The van der Waals surface area contributed by atoms with Crippen molar-refractivity contribution < 1.29 is 24.2 Å². The molecule has 1 N–H and O–H groups in total. The number of benzene rings is 1. The summed E-state index contributed by atoms with van der Waals surface area (Å²) >= 11 is 0. The van der Waals surface area contributed by atoms with Crippen LogP contribution in [0.25, 0.3) is 0 Å². The molecule has 2 unspecified atom stereocenters. The molecule has 0 radical (unpaired) electrons. The van der Waals surface area contributed by atoms with Crippen LogP contribution in [0, 0.1) is 11.8 Å². The maximum atomic E-state index is 12.5. The number of rotatable bonds is 11. The van der Waals surface area contributed by atoms with Crippen LogP contribution >= 0.6 is 0 Å². The number of carbonyl (C=O) groups excluding carboxylic acids is 1. The molecule has 1 heterocycles. The summed E-state index contributed by atoms with van der Waals surface area (Å²) < 4.78 is 10.9. The summed E-state index contributed by atoms with van der Waals surface area (Å²) in [6.45, 7) is 0.241. The van der Waals surface area contributed by atoms with Crippen molar-refractivity contribution in [1.82, 2.24) is 0 Å². The van der Waals surface area contributed by atoms with E-state index in [2.05, 4.69) is 18.2 Å². The molecular weight excluding hydrogens is 368 g/mol. The Labute approximate surface area is 172 Å². The molecule has 0 bridgehead atoms. The van der Waals surface area contributed by atoms with Crippen LogP contribution in [0.2, 0.25) is 0 Å². The molecule has 0 amide bonds. The van der Waals surface area contributed by atoms with E-state index in [-0.39, 0.29) is 25.0 Å². The second kappa shape index (κ2) is 10.8. The minimum atomic E-state index is -0.737. The number of Topliss-reactive ketones (excluding diaryl/α,β-unsaturated/α-hetero) is 1. The van der Waals surface area contributed by atoms with Crippen molar-refractivity contribution in [2.45, 2.75) is 57.8 Å². The number of hydrogen-bond acceptors (Lipinski definition) is 4. The molecule has 2 aliphatic rings. The normalized spacial score (nSPS) is 21.6. The van der Waals surface area contributed by atoms with E-state index >= 15 is 0 Å². The van der Waals surface area contributed by atoms with Gasteiger partial charge in [-0.25, -0.2) is 0 Å². The van der Waals surface area contributed by atoms with Crippen molar-refractivity contribution in [2.24, 2.45) is 11.8 Å². The van der Waals surface area contributed by atoms with Crippen LogP contribution in [-0.4, -0.2) is 23.7 Å². The summed E-state index contributed by atoms with van der Waals surface area (Å²) in [5.74, 6) is 0.669. The second-order valence-electron chi connectivity index (χ2n) is 7.89. The predicted octanol–water partition coefficient (Wildman–Crippen LogP) is 5.02. The summed E-state index contributed by atoms with van der Waals surface area (Å²) in [5, 5.41) is 8.72. The van der Waals surface area contributed by atoms with E-state index in [4.69, 9.17) is 14.6 Å². The van der Waals surface area contributed by atoms with Gasteiger partial charge in [-0.05, 0) is 36.3 Å². The Morgan fingerprint density at radius 3 is 2.66 bits per heavy atom. The minimum Gasteiger partial charge on any atom is -0.481 e. The number of allylic oxidation sites excluding steroid dienone is 2. The Morgan fingerprint density at radius 1 is 1.14 bits per heavy atom. The van der Waals surface area contributed by atoms with Gasteiger partial charge in [-0.2, -0.15) is 0 Å². The Hall–Kier alpha value is -2.56. The third-order valence-corrected chi connectivity index (χ3v) is 5.75. The fraction of sp³-hybridized carbons (Fsp3) is 0.500. The van der Waals surface area contributed by atoms with Crippen LogP contribution < -0.4 is 0 Å². The first-order valence-corrected chi connectivity index (χ1v) is 10.6. The summed E-state index contributed by atoms with van der Waals surface area (Å²) in [6, 6.07) is 10.2. The summed E-state index contributed by atoms with van der Waals surface area (Å²) in [5.41, 5.74) is 2.29. The van der Waals surface area contributed by atoms with Crippen LogP contribution in [0.5, 0.6) is 0 Å². The number of aliphatic carboxylic acids is 1. The van der Waals surface area contributed by atoms with Gasteiger partial charge >= 0.3 is 5.97 Å². The number of carbonyl (C=O) groups is 2. The standard InChI is InChI=1S/C24H30O5/c25-22-13-12-19(21(22)10-6-1-2-7-11-24(26)27)15-20(23-16-28-17-29-23)14-18-8-4-3-5-9-18/h3-5,8-9,15-16,19,21H,1-2,6-7,10-14,17H2,(H,26,27)/b20-15+. The van der Waals surface area contributed by atoms with E-state index < -0.39 is 5.97 Å². The molecule has 1 fully saturated rings. The molecule has 1 aromatic carbocycles. The van der Waals surface area contributed by atoms with E-state index in [1.165, 1.54) is 5.56 Å². The van der Waals surface area contributed by atoms with Gasteiger partial charge in [0.15, 0.2) is 5.76 Å². The number of carboxylic acids is 1. The monoisotopic (exact) mass is 398 g/mol. The van der Waals surface area contributed by atoms with Gasteiger partial charge in [0, 0.05) is 25.2 Å². The predicted molar refractivity (Wildman–Crippen MR) is 110 cm³/mol. The van der Waals surface area contributed by atoms with E-state index in [1.807, 2.05) is 18.2 Å². The highest BCUT2D eigenvalue weighted by Crippen LogP contribution is 2.36. The van der Waals surface area contributed by atoms with Gasteiger partial charge in [0.25, 0.3) is 0 Å². The van der Waals surface area contributed by atoms with Crippen molar-refractivity contribution in [3.05, 3.63) is 59.6 Å². The van der Waals surface area contributed by atoms with Gasteiger partial charge in [-0.1, -0.05) is 55.7 Å². The zero-order valence-electron chi connectivity index (χ0n) is 16.8. The Kier molecular flexibility index (Phi) is 7.91. The first-order valence-electron chi connectivity index (χ1n) is 10.6. The van der Waals surface area contributed by atoms with Crippen molar-refractivity contribution in [1.29, 1.82) is 0 Å². The quantitative estimate of drug-likeness (QED) is 0.530. The maximum absolute atomic E-state index is 12.5. The average Bonchev–Trinajstić information content (AvgIpc) is 3.36. The molecule has 5 heteroatoms. The second-order valence-corrected chi connectivity index (χ2v) is 7.89. The highest BCUT2D eigenvalue weighted by molar-refractivity contribution is 5.83. The van der Waals surface area contributed by atoms with Crippen molar-refractivity contribution in [3.8, 4) is 0 Å². The molecule has 1 aliphatic heterocycles. The molecule has 2 atom stereocenters. The number of carboxylic acid groups (broad SMARTS) is 1. The molecule has 29 heavy (non-hydrogen) atoms. The van der Waals surface area contributed by atoms with Crippen LogP contribution in [0.3, 0.4) is 0 Å². The third kappa shape index (κ3) is 6.48. The maximum Gasteiger partial charge on any atom is 0.303 e. The third-order valence-electron chi connectivity index (χ3n) is 5.75. The van der Waals surface area contributed by atoms with Gasteiger partial charge in [0.1, 0.15) is 12.0 Å². The molecule has 5 nitrogen and oxygen atoms in total. The van der Waals surface area contributed by atoms with Crippen LogP contribution in [0.1, 0.15) is 56.9 Å². The molecule has 1 saturated carbocycles. The minimum absolute atomic E-state index is 0.0585. The molecule has 0 saturated heterocycles. The molecule has 1 aliphatic carbocycles. The van der Waals surface area contributed by atoms with Crippen LogP contribution in [-0.2, 0) is 25.5 Å². The molecule has 1 aromatic rings. The topological polar surface area (TPSA) is 72.8 Å². The van der Waals surface area contributed by atoms with E-state index in [0.29, 0.717) is 18.6 Å². The zero-order valence-corrected chi connectivity index (χ0v) is 16.8. The fourth-order valence-electron chi connectivity index (χ4n) is 4.21. The highest BCUT2D eigenvalue weighted by Gasteiger charge is 2.33. The first-order chi connectivity index (χ1) is 14.1. The van der Waals surface area contributed by atoms with Crippen molar-refractivity contribution in [2.75, 3.05) is 6.79 Å². The summed E-state index contributed by atoms with van der Waals surface area (Å²) in [6.07, 6.45) is 10.8. The molecule has 156 valence electrons. The lowest BCUT2D eigenvalue weighted by atomic mass is 9.87. The SMILES string of the molecule is O=C(O)CCCCCCC1C(=O)CCC1/C=C(\Cc1ccccc1)C1=COCO1. The number of unbranched alkanes of at least 4 members (excludes halogenated alkanes) is 3. The van der Waals surface area contributed by atoms with Gasteiger partial charge < -0.3 is 14.6 Å². The van der Waals surface area contributed by atoms with Gasteiger partial charge in [0.2, 0.25) is 6.79 Å². The Bertz CT molecular complexity index is 750. The van der Waals surface area contributed by atoms with E-state index in [1.54, 1.807) is 6.26 Å². The lowest BCUT2D eigenvalue weighted by Crippen LogP contribution is -2.14. The fourth-order valence-corrected chi connectivity index (χ4v) is 4.21. The molecular formula is C24H30O5. The van der Waals surface area contributed by atoms with Gasteiger partial charge in [-0.3, -0.25) is 9.59 Å². The van der Waals surface area contributed by atoms with Gasteiger partial charge in [-0.15, -0.1) is 0 Å². The smallest absolute Gasteiger partial charge is 0.303 e. The van der Waals surface area contributed by atoms with Gasteiger partial charge in [0.05, 0.1) is 0 Å². The number of ketones is 1. The molecule has 3 rings (SSSR count). The Morgan fingerprint density at radius 2 is 1.93 bits per heavy atom. The van der Waals surface area contributed by atoms with E-state index in [9.17, 15) is 9.59 Å². The molecule has 0 aromatic heterocycles. The first kappa shape index (κ1) is 21.2. The summed E-state index contributed by atoms with van der Waals surface area (Å²) in [7, 11) is 0. The van der Waals surface area contributed by atoms with Crippen LogP contribution in [0.15, 0.2) is 54.0 Å². The van der Waals surface area contributed by atoms with Crippen molar-refractivity contribution in [3.63, 3.8) is 0 Å². The highest BCUT2D eigenvalue weighted by atomic mass is 16.7. The summed E-state index contributed by atoms with van der Waals surface area (Å²) in [4.78, 5) is 23.1. The van der Waals surface area contributed by atoms with E-state index in [0.717, 1.165) is 49.9 Å². The number of ether oxygens (including phenoxy) is 2. The molecule has 0 spiro atoms. The largest absolute Gasteiger partial charge is 0.481 e. The Balaban J connectivity index is 1.62.